The second-order valence-electron chi connectivity index (χ2n) is 2.83. The first-order valence-corrected chi connectivity index (χ1v) is 4.16. The Morgan fingerprint density at radius 2 is 1.73 bits per heavy atom. The van der Waals surface area contributed by atoms with Crippen LogP contribution >= 0.6 is 0 Å². The highest BCUT2D eigenvalue weighted by molar-refractivity contribution is 4.66. The van der Waals surface area contributed by atoms with Crippen molar-refractivity contribution in [2.75, 3.05) is 13.2 Å². The Kier molecular flexibility index (Phi) is 6.51. The lowest BCUT2D eigenvalue weighted by Crippen LogP contribution is -2.26. The SMILES string of the molecule is CCCCC(O)C(CO)CO. The van der Waals surface area contributed by atoms with Gasteiger partial charge in [0, 0.05) is 5.92 Å². The molecule has 0 radical (unpaired) electrons. The lowest BCUT2D eigenvalue weighted by Gasteiger charge is -2.17. The summed E-state index contributed by atoms with van der Waals surface area (Å²) in [6, 6.07) is 0. The van der Waals surface area contributed by atoms with Crippen molar-refractivity contribution in [3.63, 3.8) is 0 Å². The van der Waals surface area contributed by atoms with E-state index in [9.17, 15) is 5.11 Å². The summed E-state index contributed by atoms with van der Waals surface area (Å²) in [5.74, 6) is -0.360. The second-order valence-corrected chi connectivity index (χ2v) is 2.83. The van der Waals surface area contributed by atoms with Gasteiger partial charge in [0.1, 0.15) is 0 Å². The summed E-state index contributed by atoms with van der Waals surface area (Å²) in [5, 5.41) is 26.7. The van der Waals surface area contributed by atoms with Crippen LogP contribution in [0.2, 0.25) is 0 Å². The summed E-state index contributed by atoms with van der Waals surface area (Å²) >= 11 is 0. The number of hydrogen-bond donors (Lipinski definition) is 3. The van der Waals surface area contributed by atoms with E-state index in [0.717, 1.165) is 12.8 Å². The molecule has 0 rings (SSSR count). The molecule has 0 fully saturated rings. The van der Waals surface area contributed by atoms with Gasteiger partial charge in [0.15, 0.2) is 0 Å². The largest absolute Gasteiger partial charge is 0.396 e. The molecule has 3 N–H and O–H groups in total. The van der Waals surface area contributed by atoms with Crippen LogP contribution in [-0.2, 0) is 0 Å². The predicted octanol–water partition coefficient (Wildman–Crippen LogP) is 0.138. The Balaban J connectivity index is 3.51. The Bertz CT molecular complexity index is 81.4. The van der Waals surface area contributed by atoms with E-state index in [1.54, 1.807) is 0 Å². The number of hydrogen-bond acceptors (Lipinski definition) is 3. The van der Waals surface area contributed by atoms with Gasteiger partial charge in [-0.25, -0.2) is 0 Å². The van der Waals surface area contributed by atoms with Gasteiger partial charge in [-0.2, -0.15) is 0 Å². The minimum atomic E-state index is -0.551. The molecule has 0 bridgehead atoms. The molecule has 0 amide bonds. The highest BCUT2D eigenvalue weighted by Gasteiger charge is 2.15. The summed E-state index contributed by atoms with van der Waals surface area (Å²) in [5.41, 5.74) is 0. The topological polar surface area (TPSA) is 60.7 Å². The van der Waals surface area contributed by atoms with Crippen LogP contribution in [0.5, 0.6) is 0 Å². The quantitative estimate of drug-likeness (QED) is 0.520. The fraction of sp³-hybridized carbons (Fsp3) is 1.00. The molecule has 0 spiro atoms. The van der Waals surface area contributed by atoms with E-state index in [2.05, 4.69) is 0 Å². The van der Waals surface area contributed by atoms with Crippen molar-refractivity contribution in [2.45, 2.75) is 32.3 Å². The van der Waals surface area contributed by atoms with Gasteiger partial charge in [-0.1, -0.05) is 19.8 Å². The lowest BCUT2D eigenvalue weighted by molar-refractivity contribution is 0.0261. The summed E-state index contributed by atoms with van der Waals surface area (Å²) in [7, 11) is 0. The van der Waals surface area contributed by atoms with E-state index in [1.807, 2.05) is 6.92 Å². The average molecular weight is 162 g/mol. The number of aliphatic hydroxyl groups is 3. The van der Waals surface area contributed by atoms with Gasteiger partial charge in [0.2, 0.25) is 0 Å². The summed E-state index contributed by atoms with van der Waals surface area (Å²) in [6.07, 6.45) is 2.09. The maximum Gasteiger partial charge on any atom is 0.0612 e. The predicted molar refractivity (Wildman–Crippen MR) is 43.2 cm³/mol. The molecule has 0 aliphatic carbocycles. The van der Waals surface area contributed by atoms with Crippen molar-refractivity contribution >= 4 is 0 Å². The Hall–Kier alpha value is -0.120. The Morgan fingerprint density at radius 3 is 2.09 bits per heavy atom. The molecule has 68 valence electrons. The highest BCUT2D eigenvalue weighted by Crippen LogP contribution is 2.09. The number of rotatable bonds is 6. The monoisotopic (exact) mass is 162 g/mol. The average Bonchev–Trinajstić information content (AvgIpc) is 2.03. The zero-order chi connectivity index (χ0) is 8.69. The molecule has 0 aromatic rings. The molecule has 1 atom stereocenters. The third-order valence-corrected chi connectivity index (χ3v) is 1.87. The van der Waals surface area contributed by atoms with Gasteiger partial charge in [-0.15, -0.1) is 0 Å². The van der Waals surface area contributed by atoms with Gasteiger partial charge >= 0.3 is 0 Å². The molecule has 0 aromatic heterocycles. The van der Waals surface area contributed by atoms with Gasteiger partial charge < -0.3 is 15.3 Å². The highest BCUT2D eigenvalue weighted by atomic mass is 16.3. The minimum absolute atomic E-state index is 0.138. The third-order valence-electron chi connectivity index (χ3n) is 1.87. The van der Waals surface area contributed by atoms with Crippen LogP contribution in [0.3, 0.4) is 0 Å². The van der Waals surface area contributed by atoms with Crippen molar-refractivity contribution in [2.24, 2.45) is 5.92 Å². The summed E-state index contributed by atoms with van der Waals surface area (Å²) in [6.45, 7) is 1.77. The molecular formula is C8H18O3. The van der Waals surface area contributed by atoms with Gasteiger partial charge in [0.05, 0.1) is 19.3 Å². The molecule has 0 saturated carbocycles. The maximum atomic E-state index is 9.32. The molecule has 3 heteroatoms. The Labute approximate surface area is 67.7 Å². The van der Waals surface area contributed by atoms with Gasteiger partial charge in [-0.05, 0) is 6.42 Å². The molecule has 1 unspecified atom stereocenters. The molecule has 3 nitrogen and oxygen atoms in total. The molecule has 0 aromatic carbocycles. The normalized spacial score (nSPS) is 13.9. The number of aliphatic hydroxyl groups excluding tert-OH is 3. The van der Waals surface area contributed by atoms with Crippen LogP contribution in [0.1, 0.15) is 26.2 Å². The molecule has 11 heavy (non-hydrogen) atoms. The fourth-order valence-corrected chi connectivity index (χ4v) is 0.950. The molecular weight excluding hydrogens is 144 g/mol. The summed E-state index contributed by atoms with van der Waals surface area (Å²) in [4.78, 5) is 0. The fourth-order valence-electron chi connectivity index (χ4n) is 0.950. The zero-order valence-corrected chi connectivity index (χ0v) is 7.03. The van der Waals surface area contributed by atoms with E-state index in [1.165, 1.54) is 0 Å². The third kappa shape index (κ3) is 4.35. The number of unbranched alkanes of at least 4 members (excludes halogenated alkanes) is 1. The molecule has 0 aliphatic rings. The van der Waals surface area contributed by atoms with Crippen molar-refractivity contribution in [3.05, 3.63) is 0 Å². The van der Waals surface area contributed by atoms with Crippen molar-refractivity contribution < 1.29 is 15.3 Å². The van der Waals surface area contributed by atoms with Crippen LogP contribution in [0.25, 0.3) is 0 Å². The van der Waals surface area contributed by atoms with Crippen molar-refractivity contribution in [1.29, 1.82) is 0 Å². The van der Waals surface area contributed by atoms with E-state index < -0.39 is 6.10 Å². The second kappa shape index (κ2) is 6.58. The van der Waals surface area contributed by atoms with E-state index in [4.69, 9.17) is 10.2 Å². The van der Waals surface area contributed by atoms with Crippen molar-refractivity contribution in [3.8, 4) is 0 Å². The van der Waals surface area contributed by atoms with Crippen LogP contribution < -0.4 is 0 Å². The first-order valence-electron chi connectivity index (χ1n) is 4.16. The van der Waals surface area contributed by atoms with Crippen LogP contribution in [-0.4, -0.2) is 34.6 Å². The van der Waals surface area contributed by atoms with Gasteiger partial charge in [-0.3, -0.25) is 0 Å². The van der Waals surface area contributed by atoms with E-state index in [-0.39, 0.29) is 19.1 Å². The van der Waals surface area contributed by atoms with Gasteiger partial charge in [0.25, 0.3) is 0 Å². The van der Waals surface area contributed by atoms with Crippen LogP contribution in [0.15, 0.2) is 0 Å². The molecule has 0 saturated heterocycles. The van der Waals surface area contributed by atoms with Crippen LogP contribution in [0, 0.1) is 5.92 Å². The molecule has 0 aliphatic heterocycles. The minimum Gasteiger partial charge on any atom is -0.396 e. The smallest absolute Gasteiger partial charge is 0.0612 e. The lowest BCUT2D eigenvalue weighted by atomic mass is 10.00. The zero-order valence-electron chi connectivity index (χ0n) is 7.03. The van der Waals surface area contributed by atoms with Crippen molar-refractivity contribution in [1.82, 2.24) is 0 Å². The standard InChI is InChI=1S/C8H18O3/c1-2-3-4-8(11)7(5-9)6-10/h7-11H,2-6H2,1H3. The Morgan fingerprint density at radius 1 is 1.18 bits per heavy atom. The first kappa shape index (κ1) is 10.9. The van der Waals surface area contributed by atoms with E-state index in [0.29, 0.717) is 6.42 Å². The first-order chi connectivity index (χ1) is 5.26. The van der Waals surface area contributed by atoms with E-state index >= 15 is 0 Å². The maximum absolute atomic E-state index is 9.32. The molecule has 0 heterocycles. The summed E-state index contributed by atoms with van der Waals surface area (Å²) < 4.78 is 0. The van der Waals surface area contributed by atoms with Crippen LogP contribution in [0.4, 0.5) is 0 Å².